The Kier molecular flexibility index (Phi) is 2.04. The van der Waals surface area contributed by atoms with Crippen molar-refractivity contribution in [3.63, 3.8) is 0 Å². The molecular formula is C5H6N4O3. The number of nitrogens with one attached hydrogen (secondary N) is 1. The van der Waals surface area contributed by atoms with E-state index in [0.29, 0.717) is 0 Å². The molecule has 0 radical (unpaired) electrons. The summed E-state index contributed by atoms with van der Waals surface area (Å²) in [6.07, 6.45) is 0.923. The normalized spacial score (nSPS) is 9.67. The van der Waals surface area contributed by atoms with E-state index in [-0.39, 0.29) is 18.1 Å². The number of rotatable bonds is 3. The van der Waals surface area contributed by atoms with E-state index in [1.54, 1.807) is 0 Å². The van der Waals surface area contributed by atoms with Crippen LogP contribution in [0.15, 0.2) is 6.20 Å². The molecule has 1 heterocycles. The Morgan fingerprint density at radius 3 is 2.92 bits per heavy atom. The zero-order valence-electron chi connectivity index (χ0n) is 5.98. The fourth-order valence-corrected chi connectivity index (χ4v) is 0.699. The number of aromatic amines is 1. The van der Waals surface area contributed by atoms with Crippen molar-refractivity contribution >= 4 is 11.7 Å². The van der Waals surface area contributed by atoms with E-state index in [1.807, 2.05) is 0 Å². The minimum atomic E-state index is -0.627. The van der Waals surface area contributed by atoms with Gasteiger partial charge in [0.2, 0.25) is 11.7 Å². The highest BCUT2D eigenvalue weighted by Gasteiger charge is 2.11. The number of carbonyl (C=O) groups excluding carboxylic acids is 1. The molecule has 7 heteroatoms. The minimum Gasteiger partial charge on any atom is -0.369 e. The van der Waals surface area contributed by atoms with Gasteiger partial charge in [-0.3, -0.25) is 4.79 Å². The molecule has 0 aliphatic carbocycles. The molecule has 0 spiro atoms. The topological polar surface area (TPSA) is 115 Å². The fraction of sp³-hybridized carbons (Fsp3) is 0.200. The molecule has 0 saturated carbocycles. The van der Waals surface area contributed by atoms with E-state index in [0.717, 1.165) is 6.20 Å². The molecule has 12 heavy (non-hydrogen) atoms. The van der Waals surface area contributed by atoms with Gasteiger partial charge >= 0.3 is 5.82 Å². The SMILES string of the molecule is NC(=O)Cc1ncc([N+](=O)[O-])[nH]1. The lowest BCUT2D eigenvalue weighted by Gasteiger charge is -1.86. The van der Waals surface area contributed by atoms with Crippen LogP contribution >= 0.6 is 0 Å². The van der Waals surface area contributed by atoms with Crippen LogP contribution in [-0.2, 0) is 11.2 Å². The molecule has 64 valence electrons. The van der Waals surface area contributed by atoms with E-state index in [1.165, 1.54) is 0 Å². The summed E-state index contributed by atoms with van der Waals surface area (Å²) in [7, 11) is 0. The first-order chi connectivity index (χ1) is 5.59. The number of amides is 1. The van der Waals surface area contributed by atoms with Gasteiger partial charge in [0.15, 0.2) is 0 Å². The Bertz CT molecular complexity index is 318. The van der Waals surface area contributed by atoms with Crippen molar-refractivity contribution in [3.8, 4) is 0 Å². The van der Waals surface area contributed by atoms with Crippen LogP contribution in [-0.4, -0.2) is 20.8 Å². The van der Waals surface area contributed by atoms with Crippen LogP contribution in [0.4, 0.5) is 5.82 Å². The van der Waals surface area contributed by atoms with Crippen LogP contribution in [0, 0.1) is 10.1 Å². The zero-order chi connectivity index (χ0) is 9.14. The van der Waals surface area contributed by atoms with Crippen molar-refractivity contribution in [1.29, 1.82) is 0 Å². The molecule has 0 aromatic carbocycles. The molecule has 0 bridgehead atoms. The highest BCUT2D eigenvalue weighted by Crippen LogP contribution is 2.05. The molecule has 7 nitrogen and oxygen atoms in total. The van der Waals surface area contributed by atoms with Crippen molar-refractivity contribution in [2.45, 2.75) is 6.42 Å². The van der Waals surface area contributed by atoms with Gasteiger partial charge in [-0.2, -0.15) is 0 Å². The van der Waals surface area contributed by atoms with Gasteiger partial charge in [-0.05, 0) is 4.92 Å². The van der Waals surface area contributed by atoms with Gasteiger partial charge in [0.05, 0.1) is 0 Å². The second-order valence-electron chi connectivity index (χ2n) is 2.12. The number of primary amides is 1. The van der Waals surface area contributed by atoms with Crippen LogP contribution in [0.25, 0.3) is 0 Å². The molecule has 1 aromatic rings. The lowest BCUT2D eigenvalue weighted by molar-refractivity contribution is -0.389. The highest BCUT2D eigenvalue weighted by atomic mass is 16.6. The van der Waals surface area contributed by atoms with E-state index in [2.05, 4.69) is 9.97 Å². The smallest absolute Gasteiger partial charge is 0.340 e. The third-order valence-electron chi connectivity index (χ3n) is 1.15. The number of carbonyl (C=O) groups is 1. The van der Waals surface area contributed by atoms with Gasteiger partial charge in [-0.25, -0.2) is 9.97 Å². The number of nitro groups is 1. The third kappa shape index (κ3) is 1.78. The molecule has 0 fully saturated rings. The first kappa shape index (κ1) is 8.18. The quantitative estimate of drug-likeness (QED) is 0.463. The summed E-state index contributed by atoms with van der Waals surface area (Å²) in [4.78, 5) is 25.7. The van der Waals surface area contributed by atoms with Crippen molar-refractivity contribution in [2.24, 2.45) is 5.73 Å². The van der Waals surface area contributed by atoms with Gasteiger partial charge in [-0.1, -0.05) is 0 Å². The lowest BCUT2D eigenvalue weighted by Crippen LogP contribution is -2.14. The molecule has 0 atom stereocenters. The summed E-state index contributed by atoms with van der Waals surface area (Å²) in [5.41, 5.74) is 4.84. The Morgan fingerprint density at radius 2 is 2.50 bits per heavy atom. The van der Waals surface area contributed by atoms with Gasteiger partial charge in [-0.15, -0.1) is 0 Å². The van der Waals surface area contributed by atoms with E-state index in [9.17, 15) is 14.9 Å². The van der Waals surface area contributed by atoms with E-state index < -0.39 is 10.8 Å². The van der Waals surface area contributed by atoms with Crippen molar-refractivity contribution in [3.05, 3.63) is 22.1 Å². The minimum absolute atomic E-state index is 0.117. The first-order valence-electron chi connectivity index (χ1n) is 3.06. The Morgan fingerprint density at radius 1 is 1.83 bits per heavy atom. The molecule has 0 aliphatic heterocycles. The van der Waals surface area contributed by atoms with Gasteiger partial charge < -0.3 is 15.8 Å². The number of aromatic nitrogens is 2. The number of nitrogens with two attached hydrogens (primary N) is 1. The summed E-state index contributed by atoms with van der Waals surface area (Å²) >= 11 is 0. The summed E-state index contributed by atoms with van der Waals surface area (Å²) in [5, 5.41) is 10.1. The monoisotopic (exact) mass is 170 g/mol. The van der Waals surface area contributed by atoms with Crippen LogP contribution < -0.4 is 5.73 Å². The Hall–Kier alpha value is -1.92. The standard InChI is InChI=1S/C5H6N4O3/c6-3(10)1-4-7-2-5(8-4)9(11)12/h2H,1H2,(H2,6,10)(H,7,8). The second kappa shape index (κ2) is 2.99. The molecule has 1 amide bonds. The summed E-state index contributed by atoms with van der Waals surface area (Å²) in [6, 6.07) is 0. The zero-order valence-corrected chi connectivity index (χ0v) is 5.98. The van der Waals surface area contributed by atoms with Crippen molar-refractivity contribution in [2.75, 3.05) is 0 Å². The second-order valence-corrected chi connectivity index (χ2v) is 2.12. The predicted octanol–water partition coefficient (Wildman–Crippen LogP) is -0.654. The maximum Gasteiger partial charge on any atom is 0.340 e. The van der Waals surface area contributed by atoms with Crippen LogP contribution in [0.1, 0.15) is 5.82 Å². The van der Waals surface area contributed by atoms with Crippen LogP contribution in [0.2, 0.25) is 0 Å². The molecule has 0 unspecified atom stereocenters. The first-order valence-corrected chi connectivity index (χ1v) is 3.06. The number of hydrogen-bond donors (Lipinski definition) is 2. The summed E-state index contributed by atoms with van der Waals surface area (Å²) in [6.45, 7) is 0. The average Bonchev–Trinajstić information content (AvgIpc) is 2.34. The molecule has 1 aromatic heterocycles. The average molecular weight is 170 g/mol. The summed E-state index contributed by atoms with van der Waals surface area (Å²) in [5.74, 6) is -0.625. The highest BCUT2D eigenvalue weighted by molar-refractivity contribution is 5.75. The number of nitrogens with zero attached hydrogens (tertiary/aromatic N) is 2. The Balaban J connectivity index is 2.77. The van der Waals surface area contributed by atoms with Gasteiger partial charge in [0.1, 0.15) is 12.6 Å². The number of imidazole rings is 1. The van der Waals surface area contributed by atoms with Crippen LogP contribution in [0.5, 0.6) is 0 Å². The van der Waals surface area contributed by atoms with E-state index >= 15 is 0 Å². The largest absolute Gasteiger partial charge is 0.369 e. The maximum atomic E-state index is 10.3. The van der Waals surface area contributed by atoms with Gasteiger partial charge in [0.25, 0.3) is 0 Å². The number of hydrogen-bond acceptors (Lipinski definition) is 4. The molecular weight excluding hydrogens is 164 g/mol. The molecule has 1 rings (SSSR count). The van der Waals surface area contributed by atoms with E-state index in [4.69, 9.17) is 5.73 Å². The predicted molar refractivity (Wildman–Crippen MR) is 38.1 cm³/mol. The number of H-pyrrole nitrogens is 1. The van der Waals surface area contributed by atoms with Crippen LogP contribution in [0.3, 0.4) is 0 Å². The van der Waals surface area contributed by atoms with Gasteiger partial charge in [0, 0.05) is 0 Å². The lowest BCUT2D eigenvalue weighted by atomic mass is 10.4. The van der Waals surface area contributed by atoms with Crippen molar-refractivity contribution in [1.82, 2.24) is 9.97 Å². The maximum absolute atomic E-state index is 10.3. The molecule has 3 N–H and O–H groups in total. The molecule has 0 aliphatic rings. The molecule has 0 saturated heterocycles. The fourth-order valence-electron chi connectivity index (χ4n) is 0.699. The van der Waals surface area contributed by atoms with Crippen molar-refractivity contribution < 1.29 is 9.72 Å². The summed E-state index contributed by atoms with van der Waals surface area (Å²) < 4.78 is 0. The Labute approximate surface area is 66.7 Å². The third-order valence-corrected chi connectivity index (χ3v) is 1.15.